The van der Waals surface area contributed by atoms with Crippen molar-refractivity contribution in [1.82, 2.24) is 5.32 Å². The van der Waals surface area contributed by atoms with Gasteiger partial charge in [0.1, 0.15) is 0 Å². The number of carboxylic acid groups (broad SMARTS) is 1. The van der Waals surface area contributed by atoms with Gasteiger partial charge >= 0.3 is 5.97 Å². The first-order valence-electron chi connectivity index (χ1n) is 4.67. The fraction of sp³-hybridized carbons (Fsp3) is 0.300. The van der Waals surface area contributed by atoms with E-state index in [2.05, 4.69) is 5.32 Å². The molecule has 0 aromatic heterocycles. The zero-order valence-electron chi connectivity index (χ0n) is 8.73. The lowest BCUT2D eigenvalue weighted by Gasteiger charge is -2.05. The van der Waals surface area contributed by atoms with Gasteiger partial charge in [-0.1, -0.05) is 11.6 Å². The molecule has 0 saturated heterocycles. The molecule has 0 atom stereocenters. The Balaban J connectivity index is 0.00000144. The monoisotopic (exact) mass is 279 g/mol. The molecule has 2 rings (SSSR count). The minimum atomic E-state index is -0.896. The topological polar surface area (TPSA) is 67.8 Å². The zero-order valence-corrected chi connectivity index (χ0v) is 10.3. The van der Waals surface area contributed by atoms with E-state index in [1.165, 1.54) is 0 Å². The maximum Gasteiger partial charge on any atom is 0.317 e. The largest absolute Gasteiger partial charge is 0.480 e. The van der Waals surface area contributed by atoms with Gasteiger partial charge in [-0.15, -0.1) is 12.4 Å². The fourth-order valence-corrected chi connectivity index (χ4v) is 1.72. The van der Waals surface area contributed by atoms with E-state index in [-0.39, 0.29) is 25.7 Å². The van der Waals surface area contributed by atoms with Crippen LogP contribution in [0.25, 0.3) is 0 Å². The van der Waals surface area contributed by atoms with Crippen LogP contribution in [0.5, 0.6) is 11.5 Å². The van der Waals surface area contributed by atoms with E-state index in [0.29, 0.717) is 23.1 Å². The lowest BCUT2D eigenvalue weighted by atomic mass is 10.2. The van der Waals surface area contributed by atoms with Crippen LogP contribution in [-0.4, -0.2) is 24.4 Å². The lowest BCUT2D eigenvalue weighted by molar-refractivity contribution is -0.135. The average Bonchev–Trinajstić information content (AvgIpc) is 2.65. The van der Waals surface area contributed by atoms with E-state index >= 15 is 0 Å². The summed E-state index contributed by atoms with van der Waals surface area (Å²) in [7, 11) is 0. The van der Waals surface area contributed by atoms with Crippen LogP contribution in [0.15, 0.2) is 12.1 Å². The van der Waals surface area contributed by atoms with Gasteiger partial charge in [0.25, 0.3) is 0 Å². The number of hydrogen-bond acceptors (Lipinski definition) is 4. The van der Waals surface area contributed by atoms with Crippen molar-refractivity contribution in [3.05, 3.63) is 22.7 Å². The van der Waals surface area contributed by atoms with Gasteiger partial charge in [0.05, 0.1) is 11.6 Å². The normalized spacial score (nSPS) is 12.1. The van der Waals surface area contributed by atoms with E-state index in [4.69, 9.17) is 26.2 Å². The van der Waals surface area contributed by atoms with Gasteiger partial charge in [0.2, 0.25) is 6.79 Å². The van der Waals surface area contributed by atoms with E-state index in [1.807, 2.05) is 0 Å². The molecule has 0 fully saturated rings. The molecule has 2 N–H and O–H groups in total. The van der Waals surface area contributed by atoms with E-state index in [1.54, 1.807) is 12.1 Å². The first-order chi connectivity index (χ1) is 7.66. The first-order valence-corrected chi connectivity index (χ1v) is 5.05. The molecule has 1 aliphatic heterocycles. The van der Waals surface area contributed by atoms with Gasteiger partial charge in [-0.05, 0) is 17.7 Å². The maximum absolute atomic E-state index is 10.3. The standard InChI is InChI=1S/C10H10ClNO4.ClH/c11-7-1-6(3-12-4-9(13)14)2-8-10(7)16-5-15-8;/h1-2,12H,3-5H2,(H,13,14);1H. The van der Waals surface area contributed by atoms with Crippen molar-refractivity contribution < 1.29 is 19.4 Å². The molecule has 0 aliphatic carbocycles. The highest BCUT2D eigenvalue weighted by Crippen LogP contribution is 2.39. The predicted molar refractivity (Wildman–Crippen MR) is 64.2 cm³/mol. The number of nitrogens with one attached hydrogen (secondary N) is 1. The Labute approximate surface area is 109 Å². The third-order valence-electron chi connectivity index (χ3n) is 2.09. The molecule has 1 aromatic rings. The van der Waals surface area contributed by atoms with Crippen molar-refractivity contribution in [3.8, 4) is 11.5 Å². The Hall–Kier alpha value is -1.17. The molecule has 1 aromatic carbocycles. The van der Waals surface area contributed by atoms with Gasteiger partial charge in [-0.2, -0.15) is 0 Å². The molecule has 5 nitrogen and oxygen atoms in total. The van der Waals surface area contributed by atoms with Crippen molar-refractivity contribution >= 4 is 30.0 Å². The number of carboxylic acids is 1. The first kappa shape index (κ1) is 13.9. The Bertz CT molecular complexity index is 425. The second kappa shape index (κ2) is 5.95. The van der Waals surface area contributed by atoms with Crippen LogP contribution in [-0.2, 0) is 11.3 Å². The Morgan fingerprint density at radius 1 is 1.47 bits per heavy atom. The molecule has 0 saturated carbocycles. The van der Waals surface area contributed by atoms with Crippen LogP contribution in [0, 0.1) is 0 Å². The van der Waals surface area contributed by atoms with Gasteiger partial charge in [0.15, 0.2) is 11.5 Å². The smallest absolute Gasteiger partial charge is 0.317 e. The molecule has 0 bridgehead atoms. The van der Waals surface area contributed by atoms with Gasteiger partial charge in [-0.3, -0.25) is 4.79 Å². The number of halogens is 2. The summed E-state index contributed by atoms with van der Waals surface area (Å²) >= 11 is 5.97. The number of rotatable bonds is 4. The van der Waals surface area contributed by atoms with Crippen LogP contribution >= 0.6 is 24.0 Å². The molecule has 0 unspecified atom stereocenters. The second-order valence-corrected chi connectivity index (χ2v) is 3.72. The molecule has 94 valence electrons. The summed E-state index contributed by atoms with van der Waals surface area (Å²) < 4.78 is 10.4. The van der Waals surface area contributed by atoms with Crippen molar-refractivity contribution in [2.24, 2.45) is 0 Å². The zero-order chi connectivity index (χ0) is 11.5. The molecule has 1 aliphatic rings. The highest BCUT2D eigenvalue weighted by molar-refractivity contribution is 6.32. The van der Waals surface area contributed by atoms with Crippen LogP contribution in [0.1, 0.15) is 5.56 Å². The van der Waals surface area contributed by atoms with Crippen molar-refractivity contribution in [2.45, 2.75) is 6.54 Å². The number of fused-ring (bicyclic) bond motifs is 1. The molecule has 17 heavy (non-hydrogen) atoms. The number of ether oxygens (including phenoxy) is 2. The van der Waals surface area contributed by atoms with E-state index < -0.39 is 5.97 Å². The van der Waals surface area contributed by atoms with Gasteiger partial charge in [-0.25, -0.2) is 0 Å². The quantitative estimate of drug-likeness (QED) is 0.878. The minimum Gasteiger partial charge on any atom is -0.480 e. The molecule has 7 heteroatoms. The lowest BCUT2D eigenvalue weighted by Crippen LogP contribution is -2.21. The molecular weight excluding hydrogens is 269 g/mol. The Morgan fingerprint density at radius 2 is 2.24 bits per heavy atom. The Morgan fingerprint density at radius 3 is 2.94 bits per heavy atom. The van der Waals surface area contributed by atoms with Crippen LogP contribution < -0.4 is 14.8 Å². The summed E-state index contributed by atoms with van der Waals surface area (Å²) in [5.41, 5.74) is 0.857. The average molecular weight is 280 g/mol. The minimum absolute atomic E-state index is 0. The van der Waals surface area contributed by atoms with E-state index in [0.717, 1.165) is 5.56 Å². The van der Waals surface area contributed by atoms with Gasteiger partial charge in [0, 0.05) is 6.54 Å². The third-order valence-corrected chi connectivity index (χ3v) is 2.37. The van der Waals surface area contributed by atoms with Gasteiger partial charge < -0.3 is 19.9 Å². The summed E-state index contributed by atoms with van der Waals surface area (Å²) in [6.45, 7) is 0.496. The van der Waals surface area contributed by atoms with Crippen LogP contribution in [0.4, 0.5) is 0 Å². The Kier molecular flexibility index (Phi) is 4.86. The van der Waals surface area contributed by atoms with Crippen molar-refractivity contribution in [2.75, 3.05) is 13.3 Å². The molecule has 0 spiro atoms. The molecule has 0 radical (unpaired) electrons. The number of hydrogen-bond donors (Lipinski definition) is 2. The summed E-state index contributed by atoms with van der Waals surface area (Å²) in [4.78, 5) is 10.3. The fourth-order valence-electron chi connectivity index (χ4n) is 1.44. The number of benzene rings is 1. The summed E-state index contributed by atoms with van der Waals surface area (Å²) in [5, 5.41) is 11.7. The predicted octanol–water partition coefficient (Wildman–Crippen LogP) is 1.66. The molecule has 0 amide bonds. The third kappa shape index (κ3) is 3.39. The number of carbonyl (C=O) groups is 1. The molecular formula is C10H11Cl2NO4. The second-order valence-electron chi connectivity index (χ2n) is 3.31. The number of aliphatic carboxylic acids is 1. The SMILES string of the molecule is Cl.O=C(O)CNCc1cc(Cl)c2c(c1)OCO2. The van der Waals surface area contributed by atoms with Crippen molar-refractivity contribution in [1.29, 1.82) is 0 Å². The summed E-state index contributed by atoms with van der Waals surface area (Å²) in [6.07, 6.45) is 0. The van der Waals surface area contributed by atoms with Crippen molar-refractivity contribution in [3.63, 3.8) is 0 Å². The van der Waals surface area contributed by atoms with Crippen LogP contribution in [0.3, 0.4) is 0 Å². The van der Waals surface area contributed by atoms with Crippen LogP contribution in [0.2, 0.25) is 5.02 Å². The maximum atomic E-state index is 10.3. The van der Waals surface area contributed by atoms with E-state index in [9.17, 15) is 4.79 Å². The molecule has 1 heterocycles. The summed E-state index contributed by atoms with van der Waals surface area (Å²) in [5.74, 6) is 0.245. The highest BCUT2D eigenvalue weighted by atomic mass is 35.5. The summed E-state index contributed by atoms with van der Waals surface area (Å²) in [6, 6.07) is 3.51. The highest BCUT2D eigenvalue weighted by Gasteiger charge is 2.17.